The Balaban J connectivity index is 2.17. The lowest BCUT2D eigenvalue weighted by Gasteiger charge is -2.48. The summed E-state index contributed by atoms with van der Waals surface area (Å²) in [6.45, 7) is 0. The summed E-state index contributed by atoms with van der Waals surface area (Å²) in [7, 11) is 0. The molecule has 1 atom stereocenters. The highest BCUT2D eigenvalue weighted by Crippen LogP contribution is 2.40. The molecule has 2 fully saturated rings. The van der Waals surface area contributed by atoms with Crippen molar-refractivity contribution >= 4 is 0 Å². The molecule has 0 heterocycles. The van der Waals surface area contributed by atoms with Crippen molar-refractivity contribution in [1.82, 2.24) is 0 Å². The summed E-state index contributed by atoms with van der Waals surface area (Å²) >= 11 is 0. The van der Waals surface area contributed by atoms with Crippen molar-refractivity contribution in [3.8, 4) is 0 Å². The number of hydrogen-bond acceptors (Lipinski definition) is 3. The average molecular weight is 239 g/mol. The molecular weight excluding hydrogens is 210 g/mol. The minimum absolute atomic E-state index is 0.326. The largest absolute Gasteiger partial charge is 0.322 e. The minimum atomic E-state index is -0.654. The fourth-order valence-corrected chi connectivity index (χ4v) is 3.86. The van der Waals surface area contributed by atoms with E-state index >= 15 is 0 Å². The lowest BCUT2D eigenvalue weighted by molar-refractivity contribution is 0.118. The summed E-state index contributed by atoms with van der Waals surface area (Å²) < 4.78 is 0. The Morgan fingerprint density at radius 1 is 0.647 bits per heavy atom. The van der Waals surface area contributed by atoms with E-state index in [4.69, 9.17) is 17.2 Å². The van der Waals surface area contributed by atoms with Gasteiger partial charge in [-0.3, -0.25) is 0 Å². The van der Waals surface area contributed by atoms with E-state index in [1.807, 2.05) is 0 Å². The van der Waals surface area contributed by atoms with Crippen molar-refractivity contribution in [2.75, 3.05) is 0 Å². The van der Waals surface area contributed by atoms with Crippen molar-refractivity contribution in [2.24, 2.45) is 23.1 Å². The summed E-state index contributed by atoms with van der Waals surface area (Å²) in [4.78, 5) is 0. The van der Waals surface area contributed by atoms with Crippen LogP contribution in [-0.2, 0) is 0 Å². The maximum atomic E-state index is 6.73. The van der Waals surface area contributed by atoms with Crippen LogP contribution in [-0.4, -0.2) is 11.2 Å². The standard InChI is InChI=1S/C14H29N3/c15-13(12-8-4-1-2-5-9-12)10-6-3-7-11-14(13,16)17/h12H,1-11,15-17H2. The second-order valence-electron chi connectivity index (χ2n) is 6.33. The van der Waals surface area contributed by atoms with E-state index in [2.05, 4.69) is 0 Å². The molecule has 0 aliphatic heterocycles. The molecule has 0 bridgehead atoms. The molecule has 2 aliphatic rings. The summed E-state index contributed by atoms with van der Waals surface area (Å²) in [5, 5.41) is 0. The zero-order chi connectivity index (χ0) is 12.4. The Hall–Kier alpha value is -0.120. The van der Waals surface area contributed by atoms with Gasteiger partial charge in [0.2, 0.25) is 0 Å². The fourth-order valence-electron chi connectivity index (χ4n) is 3.86. The topological polar surface area (TPSA) is 78.1 Å². The van der Waals surface area contributed by atoms with E-state index in [1.165, 1.54) is 51.4 Å². The third kappa shape index (κ3) is 2.67. The first-order valence-electron chi connectivity index (χ1n) is 7.43. The molecule has 17 heavy (non-hydrogen) atoms. The van der Waals surface area contributed by atoms with Crippen molar-refractivity contribution in [3.63, 3.8) is 0 Å². The van der Waals surface area contributed by atoms with Gasteiger partial charge in [-0.05, 0) is 31.6 Å². The average Bonchev–Trinajstić information content (AvgIpc) is 2.61. The monoisotopic (exact) mass is 239 g/mol. The molecule has 3 heteroatoms. The number of hydrogen-bond donors (Lipinski definition) is 3. The van der Waals surface area contributed by atoms with Gasteiger partial charge in [-0.1, -0.05) is 44.9 Å². The molecule has 6 N–H and O–H groups in total. The van der Waals surface area contributed by atoms with Gasteiger partial charge in [-0.2, -0.15) is 0 Å². The Kier molecular flexibility index (Phi) is 4.11. The summed E-state index contributed by atoms with van der Waals surface area (Å²) in [5.74, 6) is 0.540. The molecule has 3 nitrogen and oxygen atoms in total. The first-order valence-corrected chi connectivity index (χ1v) is 7.43. The number of rotatable bonds is 1. The van der Waals surface area contributed by atoms with E-state index < -0.39 is 5.66 Å². The SMILES string of the molecule is NC1(N)CCCCCC1(N)C1CCCCCC1. The van der Waals surface area contributed by atoms with E-state index in [1.54, 1.807) is 0 Å². The maximum Gasteiger partial charge on any atom is 0.0824 e. The molecule has 100 valence electrons. The van der Waals surface area contributed by atoms with Crippen LogP contribution in [0.4, 0.5) is 0 Å². The lowest BCUT2D eigenvalue weighted by Crippen LogP contribution is -2.73. The summed E-state index contributed by atoms with van der Waals surface area (Å²) in [6.07, 6.45) is 13.3. The second kappa shape index (κ2) is 5.25. The zero-order valence-electron chi connectivity index (χ0n) is 11.1. The van der Waals surface area contributed by atoms with E-state index in [0.717, 1.165) is 19.3 Å². The molecule has 0 aromatic heterocycles. The van der Waals surface area contributed by atoms with Crippen LogP contribution in [0.5, 0.6) is 0 Å². The van der Waals surface area contributed by atoms with Crippen LogP contribution in [0.1, 0.15) is 70.6 Å². The highest BCUT2D eigenvalue weighted by Gasteiger charge is 2.48. The summed E-state index contributed by atoms with van der Waals surface area (Å²) in [6, 6.07) is 0. The lowest BCUT2D eigenvalue weighted by atomic mass is 9.69. The van der Waals surface area contributed by atoms with Crippen LogP contribution in [0, 0.1) is 5.92 Å². The van der Waals surface area contributed by atoms with Gasteiger partial charge in [0.1, 0.15) is 0 Å². The predicted molar refractivity (Wildman–Crippen MR) is 72.3 cm³/mol. The first kappa shape index (κ1) is 13.3. The first-order chi connectivity index (χ1) is 8.06. The van der Waals surface area contributed by atoms with Crippen LogP contribution >= 0.6 is 0 Å². The third-order valence-corrected chi connectivity index (χ3v) is 5.13. The molecule has 2 rings (SSSR count). The molecule has 0 amide bonds. The molecule has 0 spiro atoms. The smallest absolute Gasteiger partial charge is 0.0824 e. The van der Waals surface area contributed by atoms with Crippen molar-refractivity contribution in [2.45, 2.75) is 81.8 Å². The maximum absolute atomic E-state index is 6.73. The van der Waals surface area contributed by atoms with Crippen LogP contribution in [0.15, 0.2) is 0 Å². The van der Waals surface area contributed by atoms with E-state index in [-0.39, 0.29) is 5.54 Å². The molecule has 0 radical (unpaired) electrons. The Bertz CT molecular complexity index is 244. The van der Waals surface area contributed by atoms with E-state index in [9.17, 15) is 0 Å². The molecular formula is C14H29N3. The van der Waals surface area contributed by atoms with Crippen LogP contribution in [0.2, 0.25) is 0 Å². The Morgan fingerprint density at radius 2 is 1.18 bits per heavy atom. The third-order valence-electron chi connectivity index (χ3n) is 5.13. The van der Waals surface area contributed by atoms with E-state index in [0.29, 0.717) is 5.92 Å². The van der Waals surface area contributed by atoms with Gasteiger partial charge in [-0.15, -0.1) is 0 Å². The normalized spacial score (nSPS) is 36.2. The molecule has 0 aromatic carbocycles. The predicted octanol–water partition coefficient (Wildman–Crippen LogP) is 2.23. The van der Waals surface area contributed by atoms with Gasteiger partial charge >= 0.3 is 0 Å². The van der Waals surface area contributed by atoms with Crippen molar-refractivity contribution in [1.29, 1.82) is 0 Å². The second-order valence-corrected chi connectivity index (χ2v) is 6.33. The molecule has 0 saturated heterocycles. The van der Waals surface area contributed by atoms with Gasteiger partial charge in [0, 0.05) is 5.54 Å². The molecule has 2 aliphatic carbocycles. The Morgan fingerprint density at radius 3 is 1.82 bits per heavy atom. The molecule has 2 saturated carbocycles. The minimum Gasteiger partial charge on any atom is -0.322 e. The molecule has 0 aromatic rings. The highest BCUT2D eigenvalue weighted by atomic mass is 15.1. The van der Waals surface area contributed by atoms with Gasteiger partial charge in [0.15, 0.2) is 0 Å². The fraction of sp³-hybridized carbons (Fsp3) is 1.00. The quantitative estimate of drug-likeness (QED) is 0.485. The van der Waals surface area contributed by atoms with Gasteiger partial charge in [0.05, 0.1) is 5.66 Å². The highest BCUT2D eigenvalue weighted by molar-refractivity contribution is 5.08. The molecule has 1 unspecified atom stereocenters. The van der Waals surface area contributed by atoms with Crippen LogP contribution in [0.25, 0.3) is 0 Å². The van der Waals surface area contributed by atoms with Gasteiger partial charge in [0.25, 0.3) is 0 Å². The summed E-state index contributed by atoms with van der Waals surface area (Å²) in [5.41, 5.74) is 18.5. The zero-order valence-corrected chi connectivity index (χ0v) is 11.1. The van der Waals surface area contributed by atoms with Crippen LogP contribution < -0.4 is 17.2 Å². The van der Waals surface area contributed by atoms with Crippen molar-refractivity contribution in [3.05, 3.63) is 0 Å². The number of nitrogens with two attached hydrogens (primary N) is 3. The van der Waals surface area contributed by atoms with Crippen molar-refractivity contribution < 1.29 is 0 Å². The van der Waals surface area contributed by atoms with Crippen LogP contribution in [0.3, 0.4) is 0 Å². The van der Waals surface area contributed by atoms with Gasteiger partial charge in [-0.25, -0.2) is 0 Å². The Labute approximate surface area is 105 Å². The van der Waals surface area contributed by atoms with Gasteiger partial charge < -0.3 is 17.2 Å².